The van der Waals surface area contributed by atoms with Crippen LogP contribution in [0.1, 0.15) is 28.8 Å². The van der Waals surface area contributed by atoms with Crippen molar-refractivity contribution >= 4 is 33.3 Å². The van der Waals surface area contributed by atoms with Crippen molar-refractivity contribution in [3.05, 3.63) is 46.5 Å². The van der Waals surface area contributed by atoms with Crippen LogP contribution < -0.4 is 9.46 Å². The number of nitrogens with one attached hydrogen (secondary N) is 1. The van der Waals surface area contributed by atoms with Crippen molar-refractivity contribution in [2.75, 3.05) is 11.8 Å². The fourth-order valence-electron chi connectivity index (χ4n) is 2.43. The molecule has 0 atom stereocenters. The third-order valence-corrected chi connectivity index (χ3v) is 5.61. The smallest absolute Gasteiger partial charge is 0.338 e. The number of hydrogen-bond donors (Lipinski definition) is 2. The number of halogens is 1. The first kappa shape index (κ1) is 19.3. The van der Waals surface area contributed by atoms with E-state index in [1.807, 2.05) is 0 Å². The normalized spacial score (nSPS) is 13.9. The zero-order chi connectivity index (χ0) is 19.8. The maximum Gasteiger partial charge on any atom is 0.338 e. The Labute approximate surface area is 161 Å². The fourth-order valence-corrected chi connectivity index (χ4v) is 4.02. The number of ether oxygens (including phenoxy) is 2. The van der Waals surface area contributed by atoms with Crippen molar-refractivity contribution in [3.63, 3.8) is 0 Å². The molecule has 3 rings (SSSR count). The first-order valence-corrected chi connectivity index (χ1v) is 9.98. The van der Waals surface area contributed by atoms with Crippen molar-refractivity contribution in [3.8, 4) is 11.5 Å². The van der Waals surface area contributed by atoms with Crippen molar-refractivity contribution in [1.29, 1.82) is 0 Å². The fraction of sp³-hybridized carbons (Fsp3) is 0.278. The number of carbonyl (C=O) groups is 1. The minimum atomic E-state index is -4.19. The summed E-state index contributed by atoms with van der Waals surface area (Å²) in [4.78, 5) is 11.8. The number of carbonyl (C=O) groups excluding carboxylic acids is 1. The van der Waals surface area contributed by atoms with E-state index in [4.69, 9.17) is 21.1 Å². The first-order chi connectivity index (χ1) is 12.7. The van der Waals surface area contributed by atoms with E-state index >= 15 is 0 Å². The minimum absolute atomic E-state index is 0.0415. The monoisotopic (exact) mass is 411 g/mol. The number of phenols is 1. The third-order valence-electron chi connectivity index (χ3n) is 3.94. The van der Waals surface area contributed by atoms with Crippen LogP contribution in [-0.2, 0) is 14.8 Å². The van der Waals surface area contributed by atoms with Crippen LogP contribution in [0.25, 0.3) is 0 Å². The molecule has 0 spiro atoms. The molecule has 1 aliphatic carbocycles. The molecule has 1 aliphatic rings. The zero-order valence-electron chi connectivity index (χ0n) is 14.7. The molecular weight excluding hydrogens is 394 g/mol. The molecule has 0 aliphatic heterocycles. The quantitative estimate of drug-likeness (QED) is 0.705. The van der Waals surface area contributed by atoms with Gasteiger partial charge >= 0.3 is 5.97 Å². The molecule has 7 nitrogen and oxygen atoms in total. The summed E-state index contributed by atoms with van der Waals surface area (Å²) in [5, 5.41) is 9.98. The molecule has 0 amide bonds. The number of sulfonamides is 1. The van der Waals surface area contributed by atoms with Gasteiger partial charge in [0.05, 0.1) is 23.4 Å². The highest BCUT2D eigenvalue weighted by Crippen LogP contribution is 2.35. The predicted molar refractivity (Wildman–Crippen MR) is 100 cm³/mol. The van der Waals surface area contributed by atoms with Crippen LogP contribution in [0.15, 0.2) is 35.2 Å². The summed E-state index contributed by atoms with van der Waals surface area (Å²) in [6.45, 7) is 1.65. The average Bonchev–Trinajstić information content (AvgIpc) is 3.41. The van der Waals surface area contributed by atoms with Crippen molar-refractivity contribution in [2.45, 2.75) is 30.8 Å². The lowest BCUT2D eigenvalue weighted by molar-refractivity contribution is 0.0472. The van der Waals surface area contributed by atoms with Crippen LogP contribution in [0.2, 0.25) is 5.02 Å². The molecule has 2 aromatic carbocycles. The summed E-state index contributed by atoms with van der Waals surface area (Å²) in [6, 6.07) is 7.02. The standard InChI is InChI=1S/C18H18ClNO6S/c1-10-7-13(19)17(21)16(8-10)27(23,24)20-14-9-11(3-6-15(14)25-2)18(22)26-12-4-5-12/h3,6-9,12,20-21H,4-5H2,1-2H3. The molecule has 2 N–H and O–H groups in total. The van der Waals surface area contributed by atoms with E-state index in [0.29, 0.717) is 5.56 Å². The van der Waals surface area contributed by atoms with Crippen LogP contribution in [0.3, 0.4) is 0 Å². The molecular formula is C18H18ClNO6S. The van der Waals surface area contributed by atoms with Gasteiger partial charge in [-0.1, -0.05) is 11.6 Å². The van der Waals surface area contributed by atoms with Crippen molar-refractivity contribution < 1.29 is 27.8 Å². The molecule has 0 saturated heterocycles. The number of hydrogen-bond acceptors (Lipinski definition) is 6. The predicted octanol–water partition coefficient (Wildman–Crippen LogP) is 3.48. The van der Waals surface area contributed by atoms with Gasteiger partial charge in [0, 0.05) is 0 Å². The second-order valence-electron chi connectivity index (χ2n) is 6.22. The summed E-state index contributed by atoms with van der Waals surface area (Å²) >= 11 is 5.88. The second kappa shape index (κ2) is 7.28. The maximum atomic E-state index is 12.8. The second-order valence-corrected chi connectivity index (χ2v) is 8.28. The number of aryl methyl sites for hydroxylation is 1. The molecule has 0 radical (unpaired) electrons. The Balaban J connectivity index is 1.96. The van der Waals surface area contributed by atoms with E-state index in [1.54, 1.807) is 6.92 Å². The summed E-state index contributed by atoms with van der Waals surface area (Å²) in [5.41, 5.74) is 0.790. The van der Waals surface area contributed by atoms with Gasteiger partial charge < -0.3 is 14.6 Å². The summed E-state index contributed by atoms with van der Waals surface area (Å²) < 4.78 is 38.3. The van der Waals surface area contributed by atoms with Crippen molar-refractivity contribution in [1.82, 2.24) is 0 Å². The maximum absolute atomic E-state index is 12.8. The Bertz CT molecular complexity index is 1000. The van der Waals surface area contributed by atoms with Crippen LogP contribution in [-0.4, -0.2) is 32.7 Å². The summed E-state index contributed by atoms with van der Waals surface area (Å²) in [5.74, 6) is -0.889. The van der Waals surface area contributed by atoms with E-state index in [1.165, 1.54) is 37.4 Å². The lowest BCUT2D eigenvalue weighted by atomic mass is 10.2. The van der Waals surface area contributed by atoms with Gasteiger partial charge in [0.15, 0.2) is 5.75 Å². The number of esters is 1. The van der Waals surface area contributed by atoms with Crippen LogP contribution in [0.4, 0.5) is 5.69 Å². The molecule has 0 heterocycles. The van der Waals surface area contributed by atoms with E-state index in [-0.39, 0.29) is 33.0 Å². The molecule has 0 unspecified atom stereocenters. The number of rotatable bonds is 6. The number of benzene rings is 2. The number of methoxy groups -OCH3 is 1. The lowest BCUT2D eigenvalue weighted by Gasteiger charge is -2.15. The topological polar surface area (TPSA) is 102 Å². The number of aromatic hydroxyl groups is 1. The van der Waals surface area contributed by atoms with Gasteiger partial charge in [0.1, 0.15) is 16.7 Å². The van der Waals surface area contributed by atoms with Crippen LogP contribution in [0.5, 0.6) is 11.5 Å². The minimum Gasteiger partial charge on any atom is -0.505 e. The highest BCUT2D eigenvalue weighted by Gasteiger charge is 2.27. The van der Waals surface area contributed by atoms with Gasteiger partial charge in [-0.25, -0.2) is 13.2 Å². The summed E-state index contributed by atoms with van der Waals surface area (Å²) in [7, 11) is -2.82. The average molecular weight is 412 g/mol. The Kier molecular flexibility index (Phi) is 5.21. The lowest BCUT2D eigenvalue weighted by Crippen LogP contribution is -2.15. The third kappa shape index (κ3) is 4.28. The number of phenolic OH excluding ortho intramolecular Hbond substituents is 1. The van der Waals surface area contributed by atoms with Gasteiger partial charge in [0.2, 0.25) is 0 Å². The van der Waals surface area contributed by atoms with E-state index in [9.17, 15) is 18.3 Å². The van der Waals surface area contributed by atoms with Crippen LogP contribution in [0, 0.1) is 6.92 Å². The van der Waals surface area contributed by atoms with Gasteiger partial charge in [-0.2, -0.15) is 0 Å². The molecule has 9 heteroatoms. The summed E-state index contributed by atoms with van der Waals surface area (Å²) in [6.07, 6.45) is 1.58. The zero-order valence-corrected chi connectivity index (χ0v) is 16.2. The van der Waals surface area contributed by atoms with E-state index < -0.39 is 21.7 Å². The number of anilines is 1. The van der Waals surface area contributed by atoms with Gasteiger partial charge in [-0.15, -0.1) is 0 Å². The Hall–Kier alpha value is -2.45. The van der Waals surface area contributed by atoms with Gasteiger partial charge in [0.25, 0.3) is 10.0 Å². The van der Waals surface area contributed by atoms with Crippen molar-refractivity contribution in [2.24, 2.45) is 0 Å². The van der Waals surface area contributed by atoms with E-state index in [0.717, 1.165) is 12.8 Å². The van der Waals surface area contributed by atoms with Gasteiger partial charge in [-0.3, -0.25) is 4.72 Å². The molecule has 0 bridgehead atoms. The van der Waals surface area contributed by atoms with Crippen LogP contribution >= 0.6 is 11.6 Å². The largest absolute Gasteiger partial charge is 0.505 e. The molecule has 27 heavy (non-hydrogen) atoms. The molecule has 0 aromatic heterocycles. The molecule has 2 aromatic rings. The van der Waals surface area contributed by atoms with E-state index in [2.05, 4.69) is 4.72 Å². The molecule has 1 saturated carbocycles. The Morgan fingerprint density at radius 2 is 1.96 bits per heavy atom. The Morgan fingerprint density at radius 3 is 2.59 bits per heavy atom. The highest BCUT2D eigenvalue weighted by molar-refractivity contribution is 7.92. The molecule has 1 fully saturated rings. The Morgan fingerprint density at radius 1 is 1.26 bits per heavy atom. The molecule has 144 valence electrons. The highest BCUT2D eigenvalue weighted by atomic mass is 35.5. The first-order valence-electron chi connectivity index (χ1n) is 8.12. The SMILES string of the molecule is COc1ccc(C(=O)OC2CC2)cc1NS(=O)(=O)c1cc(C)cc(Cl)c1O. The van der Waals surface area contributed by atoms with Gasteiger partial charge in [-0.05, 0) is 55.7 Å².